The van der Waals surface area contributed by atoms with E-state index >= 15 is 0 Å². The first-order valence-corrected chi connectivity index (χ1v) is 4.73. The summed E-state index contributed by atoms with van der Waals surface area (Å²) in [6.45, 7) is 8.44. The molecular formula is C9H17NO2. The maximum absolute atomic E-state index is 5.64. The van der Waals surface area contributed by atoms with Crippen LogP contribution in [0.25, 0.3) is 0 Å². The van der Waals surface area contributed by atoms with E-state index in [0.29, 0.717) is 18.3 Å². The molecule has 3 nitrogen and oxygen atoms in total. The van der Waals surface area contributed by atoms with Crippen LogP contribution in [-0.2, 0) is 9.47 Å². The van der Waals surface area contributed by atoms with Gasteiger partial charge in [-0.3, -0.25) is 4.90 Å². The third-order valence-corrected chi connectivity index (χ3v) is 2.36. The van der Waals surface area contributed by atoms with Gasteiger partial charge in [0, 0.05) is 19.6 Å². The van der Waals surface area contributed by atoms with Crippen LogP contribution in [0.2, 0.25) is 0 Å². The van der Waals surface area contributed by atoms with Crippen LogP contribution < -0.4 is 0 Å². The van der Waals surface area contributed by atoms with Crippen molar-refractivity contribution in [1.82, 2.24) is 4.90 Å². The maximum atomic E-state index is 5.64. The summed E-state index contributed by atoms with van der Waals surface area (Å²) in [5.41, 5.74) is 0. The molecule has 0 aromatic carbocycles. The average Bonchev–Trinajstić information content (AvgIpc) is 2.68. The first-order valence-electron chi connectivity index (χ1n) is 4.73. The van der Waals surface area contributed by atoms with Crippen LogP contribution in [-0.4, -0.2) is 49.5 Å². The van der Waals surface area contributed by atoms with Gasteiger partial charge in [-0.1, -0.05) is 0 Å². The van der Waals surface area contributed by atoms with Gasteiger partial charge in [-0.2, -0.15) is 0 Å². The van der Waals surface area contributed by atoms with Gasteiger partial charge >= 0.3 is 0 Å². The fourth-order valence-corrected chi connectivity index (χ4v) is 1.89. The zero-order valence-corrected chi connectivity index (χ0v) is 7.82. The molecule has 0 aromatic rings. The summed E-state index contributed by atoms with van der Waals surface area (Å²) in [5.74, 6) is 0. The van der Waals surface area contributed by atoms with Crippen LogP contribution in [0.1, 0.15) is 13.8 Å². The van der Waals surface area contributed by atoms with Crippen LogP contribution in [0.5, 0.6) is 0 Å². The Morgan fingerprint density at radius 2 is 1.83 bits per heavy atom. The summed E-state index contributed by atoms with van der Waals surface area (Å²) >= 11 is 0. The van der Waals surface area contributed by atoms with Gasteiger partial charge < -0.3 is 9.47 Å². The summed E-state index contributed by atoms with van der Waals surface area (Å²) < 4.78 is 10.8. The van der Waals surface area contributed by atoms with Crippen molar-refractivity contribution in [2.75, 3.05) is 26.2 Å². The molecule has 12 heavy (non-hydrogen) atoms. The molecular weight excluding hydrogens is 154 g/mol. The van der Waals surface area contributed by atoms with Crippen molar-refractivity contribution >= 4 is 0 Å². The monoisotopic (exact) mass is 171 g/mol. The Kier molecular flexibility index (Phi) is 2.35. The lowest BCUT2D eigenvalue weighted by atomic mass is 10.2. The minimum absolute atomic E-state index is 0.382. The van der Waals surface area contributed by atoms with Gasteiger partial charge in [-0.25, -0.2) is 0 Å². The van der Waals surface area contributed by atoms with E-state index in [1.807, 2.05) is 0 Å². The molecule has 2 rings (SSSR count). The van der Waals surface area contributed by atoms with Crippen LogP contribution in [0.4, 0.5) is 0 Å². The molecule has 0 aromatic heterocycles. The minimum Gasteiger partial charge on any atom is -0.373 e. The second-order valence-corrected chi connectivity index (χ2v) is 3.93. The van der Waals surface area contributed by atoms with Crippen molar-refractivity contribution in [2.24, 2.45) is 0 Å². The number of rotatable bonds is 2. The van der Waals surface area contributed by atoms with E-state index in [4.69, 9.17) is 9.47 Å². The molecule has 0 bridgehead atoms. The Morgan fingerprint density at radius 3 is 2.33 bits per heavy atom. The van der Waals surface area contributed by atoms with Crippen molar-refractivity contribution in [3.8, 4) is 0 Å². The summed E-state index contributed by atoms with van der Waals surface area (Å²) in [4.78, 5) is 2.44. The van der Waals surface area contributed by atoms with E-state index in [2.05, 4.69) is 18.7 Å². The van der Waals surface area contributed by atoms with Crippen molar-refractivity contribution in [3.05, 3.63) is 0 Å². The molecule has 0 aliphatic carbocycles. The van der Waals surface area contributed by atoms with Crippen molar-refractivity contribution < 1.29 is 9.47 Å². The number of morpholine rings is 1. The van der Waals surface area contributed by atoms with E-state index in [9.17, 15) is 0 Å². The van der Waals surface area contributed by atoms with E-state index in [0.717, 1.165) is 26.2 Å². The van der Waals surface area contributed by atoms with Crippen LogP contribution in [0.15, 0.2) is 0 Å². The highest BCUT2D eigenvalue weighted by Crippen LogP contribution is 2.15. The number of ether oxygens (including phenoxy) is 2. The van der Waals surface area contributed by atoms with Gasteiger partial charge in [0.1, 0.15) is 0 Å². The topological polar surface area (TPSA) is 25.0 Å². The Hall–Kier alpha value is -0.120. The quantitative estimate of drug-likeness (QED) is 0.565. The Bertz CT molecular complexity index is 146. The van der Waals surface area contributed by atoms with Gasteiger partial charge in [-0.05, 0) is 13.8 Å². The molecule has 0 saturated carbocycles. The maximum Gasteiger partial charge on any atom is 0.0936 e. The SMILES string of the molecule is C[C@@H]1CN(C[C@H]2CO2)C[C@H](C)O1. The molecule has 3 heteroatoms. The van der Waals surface area contributed by atoms with Crippen molar-refractivity contribution in [2.45, 2.75) is 32.2 Å². The predicted molar refractivity (Wildman–Crippen MR) is 46.2 cm³/mol. The first kappa shape index (κ1) is 8.48. The highest BCUT2D eigenvalue weighted by atomic mass is 16.6. The molecule has 3 atom stereocenters. The smallest absolute Gasteiger partial charge is 0.0936 e. The zero-order valence-electron chi connectivity index (χ0n) is 7.82. The normalized spacial score (nSPS) is 43.0. The second-order valence-electron chi connectivity index (χ2n) is 3.93. The van der Waals surface area contributed by atoms with Gasteiger partial charge in [0.15, 0.2) is 0 Å². The third-order valence-electron chi connectivity index (χ3n) is 2.36. The molecule has 0 N–H and O–H groups in total. The molecule has 2 saturated heterocycles. The fourth-order valence-electron chi connectivity index (χ4n) is 1.89. The molecule has 0 radical (unpaired) electrons. The van der Waals surface area contributed by atoms with Gasteiger partial charge in [-0.15, -0.1) is 0 Å². The average molecular weight is 171 g/mol. The summed E-state index contributed by atoms with van der Waals surface area (Å²) in [6.07, 6.45) is 1.28. The molecule has 2 heterocycles. The molecule has 70 valence electrons. The van der Waals surface area contributed by atoms with Crippen LogP contribution >= 0.6 is 0 Å². The third kappa shape index (κ3) is 2.19. The first-order chi connectivity index (χ1) is 5.74. The van der Waals surface area contributed by atoms with Gasteiger partial charge in [0.05, 0.1) is 24.9 Å². The molecule has 0 unspecified atom stereocenters. The van der Waals surface area contributed by atoms with Crippen LogP contribution in [0, 0.1) is 0 Å². The lowest BCUT2D eigenvalue weighted by Crippen LogP contribution is -2.46. The molecule has 2 aliphatic heterocycles. The molecule has 0 spiro atoms. The van der Waals surface area contributed by atoms with Gasteiger partial charge in [0.25, 0.3) is 0 Å². The molecule has 0 amide bonds. The number of nitrogens with zero attached hydrogens (tertiary/aromatic N) is 1. The zero-order chi connectivity index (χ0) is 8.55. The number of hydrogen-bond acceptors (Lipinski definition) is 3. The predicted octanol–water partition coefficient (Wildman–Crippen LogP) is 0.494. The van der Waals surface area contributed by atoms with Crippen molar-refractivity contribution in [1.29, 1.82) is 0 Å². The van der Waals surface area contributed by atoms with Gasteiger partial charge in [0.2, 0.25) is 0 Å². The molecule has 2 fully saturated rings. The van der Waals surface area contributed by atoms with E-state index in [1.165, 1.54) is 0 Å². The standard InChI is InChI=1S/C9H17NO2/c1-7-3-10(4-8(2)12-7)5-9-6-11-9/h7-9H,3-6H2,1-2H3/t7-,8+,9-/m0/s1. The fraction of sp³-hybridized carbons (Fsp3) is 1.00. The number of hydrogen-bond donors (Lipinski definition) is 0. The van der Waals surface area contributed by atoms with Crippen molar-refractivity contribution in [3.63, 3.8) is 0 Å². The molecule has 2 aliphatic rings. The van der Waals surface area contributed by atoms with E-state index < -0.39 is 0 Å². The van der Waals surface area contributed by atoms with E-state index in [1.54, 1.807) is 0 Å². The van der Waals surface area contributed by atoms with Crippen LogP contribution in [0.3, 0.4) is 0 Å². The summed E-state index contributed by atoms with van der Waals surface area (Å²) in [5, 5.41) is 0. The highest BCUT2D eigenvalue weighted by molar-refractivity contribution is 4.79. The Labute approximate surface area is 73.6 Å². The largest absolute Gasteiger partial charge is 0.373 e. The summed E-state index contributed by atoms with van der Waals surface area (Å²) in [7, 11) is 0. The Balaban J connectivity index is 1.79. The highest BCUT2D eigenvalue weighted by Gasteiger charge is 2.29. The second kappa shape index (κ2) is 3.32. The summed E-state index contributed by atoms with van der Waals surface area (Å²) in [6, 6.07) is 0. The lowest BCUT2D eigenvalue weighted by Gasteiger charge is -2.34. The lowest BCUT2D eigenvalue weighted by molar-refractivity contribution is -0.0690. The number of epoxide rings is 1. The Morgan fingerprint density at radius 1 is 1.25 bits per heavy atom. The minimum atomic E-state index is 0.382. The van der Waals surface area contributed by atoms with E-state index in [-0.39, 0.29) is 0 Å².